The van der Waals surface area contributed by atoms with Gasteiger partial charge >= 0.3 is 5.69 Å². The highest BCUT2D eigenvalue weighted by Gasteiger charge is 2.33. The number of hydrogen-bond acceptors (Lipinski definition) is 9. The van der Waals surface area contributed by atoms with Crippen LogP contribution in [0.15, 0.2) is 64.1 Å². The second-order valence-corrected chi connectivity index (χ2v) is 16.0. The summed E-state index contributed by atoms with van der Waals surface area (Å²) < 4.78 is 10.9. The first-order chi connectivity index (χ1) is 29.0. The molecule has 8 rings (SSSR count). The number of imidazole rings is 1. The van der Waals surface area contributed by atoms with Gasteiger partial charge in [-0.1, -0.05) is 35.3 Å². The molecule has 2 N–H and O–H groups in total. The van der Waals surface area contributed by atoms with E-state index < -0.39 is 12.3 Å². The van der Waals surface area contributed by atoms with Crippen LogP contribution in [0.4, 0.5) is 0 Å². The number of nitrogens with zero attached hydrogens (tertiary/aromatic N) is 8. The monoisotopic (exact) mass is 815 g/mol. The van der Waals surface area contributed by atoms with Crippen molar-refractivity contribution in [2.45, 2.75) is 76.1 Å². The van der Waals surface area contributed by atoms with Gasteiger partial charge in [-0.2, -0.15) is 0 Å². The Balaban J connectivity index is 0.936. The summed E-state index contributed by atoms with van der Waals surface area (Å²) in [6, 6.07) is 10.7. The van der Waals surface area contributed by atoms with Gasteiger partial charge in [0.25, 0.3) is 5.91 Å². The number of fused-ring (bicyclic) bond motifs is 2. The molecule has 0 spiro atoms. The zero-order valence-electron chi connectivity index (χ0n) is 34.1. The molecule has 3 aliphatic heterocycles. The molecule has 2 aromatic carbocycles. The molecule has 6 heterocycles. The van der Waals surface area contributed by atoms with Crippen molar-refractivity contribution in [2.75, 3.05) is 40.3 Å². The number of aryl methyl sites for hydroxylation is 2. The Kier molecular flexibility index (Phi) is 11.4. The fraction of sp³-hybridized carbons (Fsp3) is 0.432. The van der Waals surface area contributed by atoms with Gasteiger partial charge in [0.2, 0.25) is 17.7 Å². The van der Waals surface area contributed by atoms with Gasteiger partial charge in [0.15, 0.2) is 11.3 Å². The van der Waals surface area contributed by atoms with Crippen LogP contribution in [0.5, 0.6) is 0 Å². The zero-order valence-corrected chi connectivity index (χ0v) is 34.1. The van der Waals surface area contributed by atoms with E-state index in [0.717, 1.165) is 40.4 Å². The zero-order chi connectivity index (χ0) is 42.1. The van der Waals surface area contributed by atoms with Gasteiger partial charge < -0.3 is 29.5 Å². The van der Waals surface area contributed by atoms with E-state index in [2.05, 4.69) is 33.5 Å². The maximum absolute atomic E-state index is 13.5. The lowest BCUT2D eigenvalue weighted by molar-refractivity contribution is -0.132. The fourth-order valence-electron chi connectivity index (χ4n) is 8.69. The third kappa shape index (κ3) is 8.09. The minimum atomic E-state index is -0.908. The van der Waals surface area contributed by atoms with Gasteiger partial charge in [-0.05, 0) is 79.0 Å². The minimum Gasteiger partial charge on any atom is -0.450 e. The molecule has 5 aromatic rings. The molecular weight excluding hydrogens is 767 g/mol. The lowest BCUT2D eigenvalue weighted by Gasteiger charge is -2.32. The van der Waals surface area contributed by atoms with Crippen molar-refractivity contribution in [3.63, 3.8) is 0 Å². The van der Waals surface area contributed by atoms with Crippen LogP contribution in [0.1, 0.15) is 90.6 Å². The summed E-state index contributed by atoms with van der Waals surface area (Å²) in [7, 11) is 5.05. The SMILES string of the molecule is CN(C)C(=O)c1cc2cc(C3=CCCN(C(=O)CCn4ccnn4)C3)cc(C#CCCC(=O)N3CCC(c4cccc5c4n(C)c(=O)n5C4CCC(O)NC4=O)CC3)c2o1. The van der Waals surface area contributed by atoms with E-state index in [4.69, 9.17) is 4.42 Å². The van der Waals surface area contributed by atoms with Crippen LogP contribution in [0.25, 0.3) is 27.6 Å². The van der Waals surface area contributed by atoms with Gasteiger partial charge in [0, 0.05) is 78.2 Å². The molecule has 0 bridgehead atoms. The second-order valence-electron chi connectivity index (χ2n) is 16.0. The van der Waals surface area contributed by atoms with E-state index in [1.54, 1.807) is 53.4 Å². The summed E-state index contributed by atoms with van der Waals surface area (Å²) in [6.45, 7) is 2.64. The average molecular weight is 816 g/mol. The smallest absolute Gasteiger partial charge is 0.329 e. The highest BCUT2D eigenvalue weighted by Crippen LogP contribution is 2.35. The van der Waals surface area contributed by atoms with Crippen LogP contribution in [0.3, 0.4) is 0 Å². The molecule has 3 aliphatic rings. The summed E-state index contributed by atoms with van der Waals surface area (Å²) in [5.74, 6) is 6.15. The molecule has 60 heavy (non-hydrogen) atoms. The third-order valence-electron chi connectivity index (χ3n) is 11.9. The molecule has 0 saturated carbocycles. The van der Waals surface area contributed by atoms with Crippen LogP contribution < -0.4 is 11.0 Å². The summed E-state index contributed by atoms with van der Waals surface area (Å²) in [4.78, 5) is 70.9. The first-order valence-electron chi connectivity index (χ1n) is 20.5. The van der Waals surface area contributed by atoms with Gasteiger partial charge in [-0.3, -0.25) is 33.0 Å². The van der Waals surface area contributed by atoms with Crippen molar-refractivity contribution >= 4 is 51.2 Å². The molecule has 0 aliphatic carbocycles. The number of hydrogen-bond donors (Lipinski definition) is 2. The molecule has 16 nitrogen and oxygen atoms in total. The largest absolute Gasteiger partial charge is 0.450 e. The first kappa shape index (κ1) is 40.3. The predicted molar refractivity (Wildman–Crippen MR) is 222 cm³/mol. The number of para-hydroxylation sites is 1. The minimum absolute atomic E-state index is 0.0155. The highest BCUT2D eigenvalue weighted by molar-refractivity contribution is 5.98. The Morgan fingerprint density at radius 2 is 1.80 bits per heavy atom. The summed E-state index contributed by atoms with van der Waals surface area (Å²) in [5, 5.41) is 20.9. The topological polar surface area (TPSA) is 181 Å². The van der Waals surface area contributed by atoms with E-state index in [1.807, 2.05) is 40.1 Å². The summed E-state index contributed by atoms with van der Waals surface area (Å²) >= 11 is 0. The number of rotatable bonds is 9. The number of amides is 4. The average Bonchev–Trinajstić information content (AvgIpc) is 4.00. The van der Waals surface area contributed by atoms with E-state index in [0.29, 0.717) is 81.5 Å². The molecule has 2 fully saturated rings. The predicted octanol–water partition coefficient (Wildman–Crippen LogP) is 3.39. The van der Waals surface area contributed by atoms with Crippen LogP contribution in [-0.2, 0) is 28.0 Å². The summed E-state index contributed by atoms with van der Waals surface area (Å²) in [5.41, 5.74) is 5.19. The Hall–Kier alpha value is -6.47. The standard InChI is InChI=1S/C44H49N9O7/c1-48(2)43(58)36-26-32-25-31(30-9-7-19-51(27-30)39(56)17-22-52-23-18-45-47-52)24-29(41(32)60-36)8-4-5-12-38(55)50-20-15-28(16-21-50)33-10-6-11-34-40(33)49(3)44(59)53(34)35-13-14-37(54)46-42(35)57/h6,9-11,18,23-26,28,35,37,54H,5,7,12-17,19-22,27H2,1-3H3,(H,46,57). The Morgan fingerprint density at radius 1 is 1.00 bits per heavy atom. The maximum Gasteiger partial charge on any atom is 0.329 e. The van der Waals surface area contributed by atoms with Gasteiger partial charge in [-0.25, -0.2) is 4.79 Å². The molecule has 2 unspecified atom stereocenters. The van der Waals surface area contributed by atoms with Crippen LogP contribution in [0, 0.1) is 11.8 Å². The maximum atomic E-state index is 13.5. The number of aliphatic hydroxyl groups is 1. The fourth-order valence-corrected chi connectivity index (χ4v) is 8.69. The third-order valence-corrected chi connectivity index (χ3v) is 11.9. The molecule has 4 amide bonds. The number of aliphatic hydroxyl groups excluding tert-OH is 1. The number of carbonyl (C=O) groups is 4. The molecule has 2 saturated heterocycles. The van der Waals surface area contributed by atoms with Crippen molar-refractivity contribution in [3.05, 3.63) is 87.8 Å². The van der Waals surface area contributed by atoms with Crippen molar-refractivity contribution in [1.82, 2.24) is 44.1 Å². The molecule has 0 radical (unpaired) electrons. The lowest BCUT2D eigenvalue weighted by Crippen LogP contribution is -2.46. The number of carbonyl (C=O) groups excluding carboxylic acids is 4. The molecule has 312 valence electrons. The molecule has 3 aromatic heterocycles. The number of aromatic nitrogens is 5. The van der Waals surface area contributed by atoms with Crippen LogP contribution >= 0.6 is 0 Å². The summed E-state index contributed by atoms with van der Waals surface area (Å²) in [6.07, 6.45) is 8.31. The number of piperidine rings is 2. The molecular formula is C44H49N9O7. The number of likely N-dealkylation sites (tertiary alicyclic amines) is 1. The Labute approximate surface area is 346 Å². The van der Waals surface area contributed by atoms with Crippen LogP contribution in [0.2, 0.25) is 0 Å². The Morgan fingerprint density at radius 3 is 2.55 bits per heavy atom. The van der Waals surface area contributed by atoms with Crippen molar-refractivity contribution in [2.24, 2.45) is 7.05 Å². The number of benzene rings is 2. The van der Waals surface area contributed by atoms with E-state index in [-0.39, 0.29) is 47.4 Å². The van der Waals surface area contributed by atoms with Crippen molar-refractivity contribution < 1.29 is 28.7 Å². The quantitative estimate of drug-likeness (QED) is 0.211. The highest BCUT2D eigenvalue weighted by atomic mass is 16.3. The van der Waals surface area contributed by atoms with Gasteiger partial charge in [-0.15, -0.1) is 5.10 Å². The van der Waals surface area contributed by atoms with Gasteiger partial charge in [0.05, 0.1) is 29.3 Å². The molecule has 16 heteroatoms. The van der Waals surface area contributed by atoms with Crippen molar-refractivity contribution in [1.29, 1.82) is 0 Å². The first-order valence-corrected chi connectivity index (χ1v) is 20.5. The van der Waals surface area contributed by atoms with E-state index >= 15 is 0 Å². The van der Waals surface area contributed by atoms with E-state index in [1.165, 1.54) is 4.90 Å². The van der Waals surface area contributed by atoms with Crippen molar-refractivity contribution in [3.8, 4) is 11.8 Å². The molecule has 2 atom stereocenters. The van der Waals surface area contributed by atoms with E-state index in [9.17, 15) is 29.1 Å². The number of furan rings is 1. The number of nitrogens with one attached hydrogen (secondary N) is 1. The van der Waals surface area contributed by atoms with Gasteiger partial charge in [0.1, 0.15) is 12.3 Å². The lowest BCUT2D eigenvalue weighted by atomic mass is 9.88. The Bertz CT molecular complexity index is 2620. The van der Waals surface area contributed by atoms with Crippen LogP contribution in [-0.4, -0.2) is 114 Å². The normalized spacial score (nSPS) is 18.6. The second kappa shape index (κ2) is 17.0.